The van der Waals surface area contributed by atoms with Gasteiger partial charge in [-0.1, -0.05) is 76.8 Å². The molecule has 0 unspecified atom stereocenters. The van der Waals surface area contributed by atoms with Crippen LogP contribution in [0, 0.1) is 0 Å². The largest absolute Gasteiger partial charge is 0.128 e. The highest BCUT2D eigenvalue weighted by Gasteiger charge is 2.13. The van der Waals surface area contributed by atoms with E-state index in [2.05, 4.69) is 26.0 Å². The van der Waals surface area contributed by atoms with Gasteiger partial charge < -0.3 is 0 Å². The molecule has 1 rings (SSSR count). The average Bonchev–Trinajstić information content (AvgIpc) is 2.83. The fourth-order valence-electron chi connectivity index (χ4n) is 2.61. The van der Waals surface area contributed by atoms with Crippen LogP contribution in [-0.2, 0) is 0 Å². The third-order valence-corrected chi connectivity index (χ3v) is 5.20. The highest BCUT2D eigenvalue weighted by molar-refractivity contribution is 7.16. The van der Waals surface area contributed by atoms with Crippen molar-refractivity contribution in [3.8, 4) is 0 Å². The lowest BCUT2D eigenvalue weighted by Gasteiger charge is -2.15. The third kappa shape index (κ3) is 7.37. The van der Waals surface area contributed by atoms with Crippen LogP contribution in [0.25, 0.3) is 0 Å². The summed E-state index contributed by atoms with van der Waals surface area (Å²) >= 11 is 7.88. The molecule has 0 bridgehead atoms. The van der Waals surface area contributed by atoms with Gasteiger partial charge in [0.2, 0.25) is 0 Å². The molecule has 0 radical (unpaired) electrons. The molecule has 0 saturated heterocycles. The molecule has 0 aromatic carbocycles. The van der Waals surface area contributed by atoms with Gasteiger partial charge in [0.25, 0.3) is 0 Å². The lowest BCUT2D eigenvalue weighted by molar-refractivity contribution is 0.501. The molecule has 0 aliphatic heterocycles. The normalized spacial score (nSPS) is 11.4. The molecule has 0 fully saturated rings. The Bertz CT molecular complexity index is 307. The van der Waals surface area contributed by atoms with Crippen molar-refractivity contribution in [2.24, 2.45) is 0 Å². The van der Waals surface area contributed by atoms with Gasteiger partial charge in [-0.15, -0.1) is 11.3 Å². The summed E-state index contributed by atoms with van der Waals surface area (Å²) in [6.45, 7) is 4.56. The monoisotopic (exact) mass is 300 g/mol. The van der Waals surface area contributed by atoms with Gasteiger partial charge >= 0.3 is 0 Å². The Hall–Kier alpha value is -0.0100. The molecule has 0 atom stereocenters. The van der Waals surface area contributed by atoms with Crippen LogP contribution in [-0.4, -0.2) is 0 Å². The van der Waals surface area contributed by atoms with Gasteiger partial charge in [-0.05, 0) is 30.9 Å². The summed E-state index contributed by atoms with van der Waals surface area (Å²) in [5.41, 5.74) is 0. The molecule has 0 aliphatic rings. The molecule has 19 heavy (non-hydrogen) atoms. The SMILES string of the molecule is CCCCCCC(CCCCCC)c1ccc(Cl)s1. The minimum absolute atomic E-state index is 0.756. The van der Waals surface area contributed by atoms with Crippen molar-refractivity contribution in [1.82, 2.24) is 0 Å². The van der Waals surface area contributed by atoms with E-state index in [4.69, 9.17) is 11.6 Å². The summed E-state index contributed by atoms with van der Waals surface area (Å²) < 4.78 is 0.946. The predicted molar refractivity (Wildman–Crippen MR) is 89.6 cm³/mol. The van der Waals surface area contributed by atoms with E-state index in [9.17, 15) is 0 Å². The lowest BCUT2D eigenvalue weighted by atomic mass is 9.93. The van der Waals surface area contributed by atoms with Crippen molar-refractivity contribution in [2.75, 3.05) is 0 Å². The Kier molecular flexibility index (Phi) is 9.63. The average molecular weight is 301 g/mol. The summed E-state index contributed by atoms with van der Waals surface area (Å²) in [4.78, 5) is 1.51. The van der Waals surface area contributed by atoms with Gasteiger partial charge in [0.15, 0.2) is 0 Å². The number of hydrogen-bond acceptors (Lipinski definition) is 1. The molecular weight excluding hydrogens is 272 g/mol. The van der Waals surface area contributed by atoms with Crippen LogP contribution in [0.15, 0.2) is 12.1 Å². The van der Waals surface area contributed by atoms with E-state index in [0.717, 1.165) is 10.3 Å². The summed E-state index contributed by atoms with van der Waals surface area (Å²) in [6.07, 6.45) is 13.6. The topological polar surface area (TPSA) is 0 Å². The first-order valence-electron chi connectivity index (χ1n) is 8.03. The zero-order valence-corrected chi connectivity index (χ0v) is 14.2. The first kappa shape index (κ1) is 17.0. The van der Waals surface area contributed by atoms with Gasteiger partial charge in [0.1, 0.15) is 0 Å². The van der Waals surface area contributed by atoms with Crippen LogP contribution in [0.2, 0.25) is 4.34 Å². The zero-order valence-electron chi connectivity index (χ0n) is 12.6. The number of rotatable bonds is 11. The molecule has 0 spiro atoms. The Balaban J connectivity index is 2.38. The Morgan fingerprint density at radius 3 is 1.89 bits per heavy atom. The fourth-order valence-corrected chi connectivity index (χ4v) is 3.84. The molecule has 1 aromatic heterocycles. The minimum Gasteiger partial charge on any atom is -0.128 e. The molecule has 1 aromatic rings. The van der Waals surface area contributed by atoms with Crippen molar-refractivity contribution in [1.29, 1.82) is 0 Å². The summed E-state index contributed by atoms with van der Waals surface area (Å²) in [7, 11) is 0. The standard InChI is InChI=1S/C17H29ClS/c1-3-5-7-9-11-15(12-10-8-6-4-2)16-13-14-17(18)19-16/h13-15H,3-12H2,1-2H3. The van der Waals surface area contributed by atoms with Gasteiger partial charge in [-0.2, -0.15) is 0 Å². The second-order valence-electron chi connectivity index (χ2n) is 5.54. The van der Waals surface area contributed by atoms with E-state index in [-0.39, 0.29) is 0 Å². The van der Waals surface area contributed by atoms with E-state index in [0.29, 0.717) is 0 Å². The molecule has 0 saturated carbocycles. The maximum Gasteiger partial charge on any atom is 0.0931 e. The van der Waals surface area contributed by atoms with E-state index in [1.54, 1.807) is 11.3 Å². The number of hydrogen-bond donors (Lipinski definition) is 0. The van der Waals surface area contributed by atoms with Crippen molar-refractivity contribution in [3.05, 3.63) is 21.3 Å². The first-order valence-corrected chi connectivity index (χ1v) is 9.22. The third-order valence-electron chi connectivity index (χ3n) is 3.81. The second-order valence-corrected chi connectivity index (χ2v) is 7.28. The van der Waals surface area contributed by atoms with E-state index < -0.39 is 0 Å². The van der Waals surface area contributed by atoms with Crippen molar-refractivity contribution >= 4 is 22.9 Å². The predicted octanol–water partition coefficient (Wildman–Crippen LogP) is 7.43. The van der Waals surface area contributed by atoms with Crippen LogP contribution in [0.1, 0.15) is 88.9 Å². The summed E-state index contributed by atoms with van der Waals surface area (Å²) in [5, 5.41) is 0. The number of unbranched alkanes of at least 4 members (excludes halogenated alkanes) is 6. The van der Waals surface area contributed by atoms with Crippen LogP contribution in [0.5, 0.6) is 0 Å². The smallest absolute Gasteiger partial charge is 0.0931 e. The Labute approximate surface area is 128 Å². The van der Waals surface area contributed by atoms with Crippen molar-refractivity contribution in [3.63, 3.8) is 0 Å². The Morgan fingerprint density at radius 2 is 1.47 bits per heavy atom. The Morgan fingerprint density at radius 1 is 0.895 bits per heavy atom. The first-order chi connectivity index (χ1) is 9.27. The second kappa shape index (κ2) is 10.7. The van der Waals surface area contributed by atoms with Crippen LogP contribution >= 0.6 is 22.9 Å². The van der Waals surface area contributed by atoms with Gasteiger partial charge in [0, 0.05) is 4.88 Å². The molecule has 1 heterocycles. The molecule has 0 amide bonds. The summed E-state index contributed by atoms with van der Waals surface area (Å²) in [6, 6.07) is 4.31. The molecule has 2 heteroatoms. The lowest BCUT2D eigenvalue weighted by Crippen LogP contribution is -1.97. The highest BCUT2D eigenvalue weighted by atomic mass is 35.5. The highest BCUT2D eigenvalue weighted by Crippen LogP contribution is 2.35. The van der Waals surface area contributed by atoms with Crippen molar-refractivity contribution < 1.29 is 0 Å². The molecule has 0 N–H and O–H groups in total. The minimum atomic E-state index is 0.756. The van der Waals surface area contributed by atoms with Crippen LogP contribution < -0.4 is 0 Å². The maximum absolute atomic E-state index is 6.09. The van der Waals surface area contributed by atoms with Gasteiger partial charge in [-0.3, -0.25) is 0 Å². The van der Waals surface area contributed by atoms with Crippen LogP contribution in [0.3, 0.4) is 0 Å². The zero-order chi connectivity index (χ0) is 13.9. The molecule has 0 nitrogen and oxygen atoms in total. The quantitative estimate of drug-likeness (QED) is 0.373. The van der Waals surface area contributed by atoms with E-state index >= 15 is 0 Å². The van der Waals surface area contributed by atoms with Crippen molar-refractivity contribution in [2.45, 2.75) is 84.0 Å². The summed E-state index contributed by atoms with van der Waals surface area (Å²) in [5.74, 6) is 0.756. The molecule has 110 valence electrons. The maximum atomic E-state index is 6.09. The van der Waals surface area contributed by atoms with E-state index in [1.165, 1.54) is 69.1 Å². The molecule has 0 aliphatic carbocycles. The molecular formula is C17H29ClS. The van der Waals surface area contributed by atoms with Gasteiger partial charge in [-0.25, -0.2) is 0 Å². The fraction of sp³-hybridized carbons (Fsp3) is 0.765. The number of thiophene rings is 1. The van der Waals surface area contributed by atoms with Gasteiger partial charge in [0.05, 0.1) is 4.34 Å². The van der Waals surface area contributed by atoms with E-state index in [1.807, 2.05) is 0 Å². The van der Waals surface area contributed by atoms with Crippen LogP contribution in [0.4, 0.5) is 0 Å². The number of halogens is 1.